The van der Waals surface area contributed by atoms with Crippen molar-refractivity contribution in [2.24, 2.45) is 0 Å². The van der Waals surface area contributed by atoms with Gasteiger partial charge in [0, 0.05) is 5.56 Å². The Kier molecular flexibility index (Phi) is 7.22. The summed E-state index contributed by atoms with van der Waals surface area (Å²) < 4.78 is 49.6. The Balaban J connectivity index is 1.53. The van der Waals surface area contributed by atoms with E-state index in [9.17, 15) is 13.2 Å². The van der Waals surface area contributed by atoms with Crippen LogP contribution in [0, 0.1) is 6.92 Å². The molecule has 0 aliphatic rings. The molecule has 4 nitrogen and oxygen atoms in total. The largest absolute Gasteiger partial charge is 0.489 e. The molecule has 3 aromatic carbocycles. The van der Waals surface area contributed by atoms with Gasteiger partial charge in [-0.15, -0.1) is 0 Å². The Labute approximate surface area is 235 Å². The van der Waals surface area contributed by atoms with Crippen molar-refractivity contribution in [3.63, 3.8) is 0 Å². The molecule has 2 heterocycles. The van der Waals surface area contributed by atoms with E-state index in [1.54, 1.807) is 54.6 Å². The highest BCUT2D eigenvalue weighted by molar-refractivity contribution is 6.42. The van der Waals surface area contributed by atoms with Gasteiger partial charge in [0.2, 0.25) is 0 Å². The summed E-state index contributed by atoms with van der Waals surface area (Å²) in [4.78, 5) is 4.57. The normalized spacial score (nSPS) is 11.8. The fourth-order valence-corrected chi connectivity index (χ4v) is 4.59. The van der Waals surface area contributed by atoms with E-state index < -0.39 is 11.7 Å². The van der Waals surface area contributed by atoms with Crippen LogP contribution >= 0.6 is 46.4 Å². The van der Waals surface area contributed by atoms with Crippen LogP contribution < -0.4 is 4.74 Å². The number of hydrogen-bond acceptors (Lipinski definition) is 3. The zero-order valence-corrected chi connectivity index (χ0v) is 22.5. The van der Waals surface area contributed by atoms with E-state index in [4.69, 9.17) is 51.1 Å². The quantitative estimate of drug-likeness (QED) is 0.203. The van der Waals surface area contributed by atoms with E-state index in [0.717, 1.165) is 11.6 Å². The lowest BCUT2D eigenvalue weighted by molar-refractivity contribution is -0.136. The molecule has 0 atom stereocenters. The number of hydrogen-bond donors (Lipinski definition) is 0. The summed E-state index contributed by atoms with van der Waals surface area (Å²) in [5.74, 6) is 0.522. The number of aryl methyl sites for hydroxylation is 1. The molecule has 0 fully saturated rings. The van der Waals surface area contributed by atoms with Crippen LogP contribution in [0.2, 0.25) is 20.1 Å². The van der Waals surface area contributed by atoms with E-state index in [1.807, 2.05) is 0 Å². The van der Waals surface area contributed by atoms with Gasteiger partial charge < -0.3 is 4.74 Å². The SMILES string of the molecule is Cc1nn(-c2ccc(Cl)c(Cl)c2)c2nc(-c3ccc(OCc4ccc(Cl)c(Cl)c4)cc3)cc(C(F)(F)F)c12. The molecule has 0 aliphatic heterocycles. The molecular weight excluding hydrogens is 581 g/mol. The van der Waals surface area contributed by atoms with Gasteiger partial charge in [0.25, 0.3) is 0 Å². The molecule has 2 aromatic heterocycles. The van der Waals surface area contributed by atoms with Crippen molar-refractivity contribution in [2.75, 3.05) is 0 Å². The molecule has 0 spiro atoms. The van der Waals surface area contributed by atoms with Gasteiger partial charge >= 0.3 is 6.18 Å². The lowest BCUT2D eigenvalue weighted by Crippen LogP contribution is -2.08. The molecule has 5 rings (SSSR count). The Morgan fingerprint density at radius 2 is 1.47 bits per heavy atom. The first-order valence-corrected chi connectivity index (χ1v) is 12.6. The van der Waals surface area contributed by atoms with Crippen molar-refractivity contribution in [1.82, 2.24) is 14.8 Å². The summed E-state index contributed by atoms with van der Waals surface area (Å²) in [6.07, 6.45) is -4.63. The first kappa shape index (κ1) is 26.6. The summed E-state index contributed by atoms with van der Waals surface area (Å²) >= 11 is 24.2. The number of benzene rings is 3. The maximum atomic E-state index is 14.2. The molecule has 0 saturated carbocycles. The maximum absolute atomic E-state index is 14.2. The topological polar surface area (TPSA) is 39.9 Å². The number of alkyl halides is 3. The second kappa shape index (κ2) is 10.3. The van der Waals surface area contributed by atoms with E-state index in [-0.39, 0.29) is 34.1 Å². The Bertz CT molecular complexity index is 1670. The minimum absolute atomic E-state index is 0.0469. The summed E-state index contributed by atoms with van der Waals surface area (Å²) in [6.45, 7) is 1.74. The number of aromatic nitrogens is 3. The number of fused-ring (bicyclic) bond motifs is 1. The molecule has 0 saturated heterocycles. The molecular formula is C27H16Cl4F3N3O. The number of nitrogens with zero attached hydrogens (tertiary/aromatic N) is 3. The first-order valence-electron chi connectivity index (χ1n) is 11.1. The van der Waals surface area contributed by atoms with Crippen LogP contribution in [-0.4, -0.2) is 14.8 Å². The van der Waals surface area contributed by atoms with E-state index in [2.05, 4.69) is 10.1 Å². The fraction of sp³-hybridized carbons (Fsp3) is 0.111. The number of rotatable bonds is 5. The average Bonchev–Trinajstić information content (AvgIpc) is 3.22. The predicted octanol–water partition coefficient (Wildman–Crippen LogP) is 9.61. The lowest BCUT2D eigenvalue weighted by Gasteiger charge is -2.13. The minimum atomic E-state index is -4.63. The zero-order valence-electron chi connectivity index (χ0n) is 19.5. The van der Waals surface area contributed by atoms with Crippen LogP contribution in [0.15, 0.2) is 66.7 Å². The van der Waals surface area contributed by atoms with Crippen molar-refractivity contribution in [3.05, 3.63) is 104 Å². The highest BCUT2D eigenvalue weighted by Gasteiger charge is 2.36. The third kappa shape index (κ3) is 5.29. The molecule has 38 heavy (non-hydrogen) atoms. The Hall–Kier alpha value is -2.97. The monoisotopic (exact) mass is 595 g/mol. The Morgan fingerprint density at radius 3 is 2.11 bits per heavy atom. The van der Waals surface area contributed by atoms with Crippen molar-refractivity contribution >= 4 is 57.4 Å². The Morgan fingerprint density at radius 1 is 0.816 bits per heavy atom. The van der Waals surface area contributed by atoms with Crippen molar-refractivity contribution in [2.45, 2.75) is 19.7 Å². The van der Waals surface area contributed by atoms with Gasteiger partial charge in [-0.3, -0.25) is 0 Å². The van der Waals surface area contributed by atoms with Crippen molar-refractivity contribution in [3.8, 4) is 22.7 Å². The molecule has 0 bridgehead atoms. The zero-order chi connectivity index (χ0) is 27.2. The molecule has 0 amide bonds. The predicted molar refractivity (Wildman–Crippen MR) is 145 cm³/mol. The summed E-state index contributed by atoms with van der Waals surface area (Å²) in [7, 11) is 0. The van der Waals surface area contributed by atoms with Gasteiger partial charge in [0.15, 0.2) is 5.65 Å². The lowest BCUT2D eigenvalue weighted by atomic mass is 10.0. The van der Waals surface area contributed by atoms with Crippen LogP contribution in [0.1, 0.15) is 16.8 Å². The van der Waals surface area contributed by atoms with Crippen LogP contribution in [0.4, 0.5) is 13.2 Å². The molecule has 0 aliphatic carbocycles. The van der Waals surface area contributed by atoms with Gasteiger partial charge in [0.1, 0.15) is 12.4 Å². The second-order valence-corrected chi connectivity index (χ2v) is 10.0. The molecule has 11 heteroatoms. The molecule has 5 aromatic rings. The van der Waals surface area contributed by atoms with Gasteiger partial charge in [-0.1, -0.05) is 52.5 Å². The maximum Gasteiger partial charge on any atom is 0.417 e. The van der Waals surface area contributed by atoms with Crippen LogP contribution in [0.25, 0.3) is 28.0 Å². The van der Waals surface area contributed by atoms with Gasteiger partial charge in [-0.2, -0.15) is 18.3 Å². The standard InChI is InChI=1S/C27H16Cl4F3N3O/c1-14-25-19(27(32,33)34)12-24(35-26(25)37(36-14)17-5-9-21(29)23(31)11-17)16-3-6-18(7-4-16)38-13-15-2-8-20(28)22(30)10-15/h2-12H,13H2,1H3. The van der Waals surface area contributed by atoms with Crippen molar-refractivity contribution < 1.29 is 17.9 Å². The molecule has 0 unspecified atom stereocenters. The van der Waals surface area contributed by atoms with Crippen LogP contribution in [0.3, 0.4) is 0 Å². The van der Waals surface area contributed by atoms with E-state index >= 15 is 0 Å². The average molecular weight is 597 g/mol. The third-order valence-electron chi connectivity index (χ3n) is 5.81. The number of halogens is 7. The molecule has 194 valence electrons. The molecule has 0 N–H and O–H groups in total. The van der Waals surface area contributed by atoms with E-state index in [0.29, 0.717) is 32.1 Å². The summed E-state index contributed by atoms with van der Waals surface area (Å²) in [6, 6.07) is 17.5. The second-order valence-electron chi connectivity index (χ2n) is 8.41. The fourth-order valence-electron chi connectivity index (χ4n) is 3.98. The summed E-state index contributed by atoms with van der Waals surface area (Å²) in [5.41, 5.74) is 1.24. The van der Waals surface area contributed by atoms with E-state index in [1.165, 1.54) is 17.7 Å². The third-order valence-corrected chi connectivity index (χ3v) is 7.28. The molecule has 0 radical (unpaired) electrons. The summed E-state index contributed by atoms with van der Waals surface area (Å²) in [5, 5.41) is 5.66. The van der Waals surface area contributed by atoms with Gasteiger partial charge in [-0.25, -0.2) is 9.67 Å². The first-order chi connectivity index (χ1) is 18.0. The highest BCUT2D eigenvalue weighted by Crippen LogP contribution is 2.39. The minimum Gasteiger partial charge on any atom is -0.489 e. The van der Waals surface area contributed by atoms with Crippen LogP contribution in [0.5, 0.6) is 5.75 Å². The van der Waals surface area contributed by atoms with Gasteiger partial charge in [0.05, 0.1) is 48.1 Å². The number of pyridine rings is 1. The van der Waals surface area contributed by atoms with Crippen LogP contribution in [-0.2, 0) is 12.8 Å². The highest BCUT2D eigenvalue weighted by atomic mass is 35.5. The number of ether oxygens (including phenoxy) is 1. The van der Waals surface area contributed by atoms with Crippen molar-refractivity contribution in [1.29, 1.82) is 0 Å². The van der Waals surface area contributed by atoms with Gasteiger partial charge in [-0.05, 0) is 73.2 Å². The smallest absolute Gasteiger partial charge is 0.417 e.